The van der Waals surface area contributed by atoms with Gasteiger partial charge in [0.05, 0.1) is 6.61 Å². The largest absolute Gasteiger partial charge is 0.381 e. The number of rotatable bonds is 1. The van der Waals surface area contributed by atoms with E-state index in [1.54, 1.807) is 0 Å². The van der Waals surface area contributed by atoms with E-state index in [1.807, 2.05) is 0 Å². The summed E-state index contributed by atoms with van der Waals surface area (Å²) in [5, 5.41) is 0. The maximum Gasteiger partial charge on any atom is 0.0535 e. The van der Waals surface area contributed by atoms with Crippen LogP contribution in [-0.4, -0.2) is 13.2 Å². The Kier molecular flexibility index (Phi) is 2.36. The smallest absolute Gasteiger partial charge is 0.0535 e. The van der Waals surface area contributed by atoms with Gasteiger partial charge in [0.2, 0.25) is 0 Å². The van der Waals surface area contributed by atoms with Crippen LogP contribution in [-0.2, 0) is 4.74 Å². The summed E-state index contributed by atoms with van der Waals surface area (Å²) in [7, 11) is 0. The van der Waals surface area contributed by atoms with Crippen molar-refractivity contribution in [2.75, 3.05) is 13.2 Å². The Morgan fingerprint density at radius 1 is 1.31 bits per heavy atom. The first-order chi connectivity index (χ1) is 6.29. The lowest BCUT2D eigenvalue weighted by Gasteiger charge is -2.13. The first-order valence-corrected chi connectivity index (χ1v) is 4.93. The molecule has 1 atom stereocenters. The van der Waals surface area contributed by atoms with Crippen LogP contribution in [0, 0.1) is 13.8 Å². The summed E-state index contributed by atoms with van der Waals surface area (Å²) in [6, 6.07) is 6.56. The molecular formula is C12H16O. The van der Waals surface area contributed by atoms with Gasteiger partial charge in [-0.3, -0.25) is 0 Å². The van der Waals surface area contributed by atoms with Gasteiger partial charge in [-0.05, 0) is 37.0 Å². The van der Waals surface area contributed by atoms with Crippen molar-refractivity contribution in [1.29, 1.82) is 0 Å². The quantitative estimate of drug-likeness (QED) is 0.639. The predicted molar refractivity (Wildman–Crippen MR) is 54.1 cm³/mol. The van der Waals surface area contributed by atoms with Gasteiger partial charge in [0, 0.05) is 12.5 Å². The summed E-state index contributed by atoms with van der Waals surface area (Å²) < 4.78 is 5.41. The third kappa shape index (κ3) is 1.61. The zero-order valence-corrected chi connectivity index (χ0v) is 8.34. The summed E-state index contributed by atoms with van der Waals surface area (Å²) in [5.41, 5.74) is 4.32. The summed E-state index contributed by atoms with van der Waals surface area (Å²) >= 11 is 0. The Hall–Kier alpha value is -0.820. The van der Waals surface area contributed by atoms with Gasteiger partial charge in [0.15, 0.2) is 0 Å². The monoisotopic (exact) mass is 176 g/mol. The number of ether oxygens (including phenoxy) is 1. The van der Waals surface area contributed by atoms with Gasteiger partial charge < -0.3 is 4.74 Å². The van der Waals surface area contributed by atoms with Gasteiger partial charge in [-0.25, -0.2) is 0 Å². The topological polar surface area (TPSA) is 9.23 Å². The normalized spacial score (nSPS) is 22.2. The van der Waals surface area contributed by atoms with Crippen molar-refractivity contribution in [3.05, 3.63) is 34.9 Å². The molecule has 13 heavy (non-hydrogen) atoms. The molecule has 1 aliphatic rings. The fourth-order valence-electron chi connectivity index (χ4n) is 2.00. The van der Waals surface area contributed by atoms with Crippen LogP contribution in [0.1, 0.15) is 29.0 Å². The SMILES string of the molecule is Cc1cccc(C2CCOC2)c1C. The van der Waals surface area contributed by atoms with Crippen molar-refractivity contribution >= 4 is 0 Å². The van der Waals surface area contributed by atoms with Crippen molar-refractivity contribution < 1.29 is 4.74 Å². The molecule has 1 saturated heterocycles. The fraction of sp³-hybridized carbons (Fsp3) is 0.500. The van der Waals surface area contributed by atoms with E-state index in [0.29, 0.717) is 5.92 Å². The molecule has 1 unspecified atom stereocenters. The van der Waals surface area contributed by atoms with Crippen LogP contribution in [0.15, 0.2) is 18.2 Å². The summed E-state index contributed by atoms with van der Waals surface area (Å²) in [4.78, 5) is 0. The van der Waals surface area contributed by atoms with E-state index in [0.717, 1.165) is 13.2 Å². The van der Waals surface area contributed by atoms with Crippen molar-refractivity contribution in [2.45, 2.75) is 26.2 Å². The molecule has 1 aliphatic heterocycles. The van der Waals surface area contributed by atoms with E-state index in [9.17, 15) is 0 Å². The minimum absolute atomic E-state index is 0.639. The second-order valence-corrected chi connectivity index (χ2v) is 3.85. The Balaban J connectivity index is 2.33. The zero-order chi connectivity index (χ0) is 9.26. The van der Waals surface area contributed by atoms with Gasteiger partial charge in [-0.2, -0.15) is 0 Å². The average molecular weight is 176 g/mol. The molecule has 0 amide bonds. The molecule has 0 bridgehead atoms. The summed E-state index contributed by atoms with van der Waals surface area (Å²) in [5.74, 6) is 0.639. The van der Waals surface area contributed by atoms with E-state index in [2.05, 4.69) is 32.0 Å². The fourth-order valence-corrected chi connectivity index (χ4v) is 2.00. The van der Waals surface area contributed by atoms with E-state index in [1.165, 1.54) is 23.1 Å². The number of hydrogen-bond donors (Lipinski definition) is 0. The van der Waals surface area contributed by atoms with Crippen molar-refractivity contribution in [2.24, 2.45) is 0 Å². The first kappa shape index (κ1) is 8.76. The first-order valence-electron chi connectivity index (χ1n) is 4.93. The second-order valence-electron chi connectivity index (χ2n) is 3.85. The highest BCUT2D eigenvalue weighted by Crippen LogP contribution is 2.28. The average Bonchev–Trinajstić information content (AvgIpc) is 2.62. The Bertz CT molecular complexity index is 298. The Labute approximate surface area is 79.7 Å². The molecule has 1 aromatic rings. The molecular weight excluding hydrogens is 160 g/mol. The summed E-state index contributed by atoms with van der Waals surface area (Å²) in [6.07, 6.45) is 1.18. The Morgan fingerprint density at radius 3 is 2.85 bits per heavy atom. The number of aryl methyl sites for hydroxylation is 1. The molecule has 1 nitrogen and oxygen atoms in total. The minimum Gasteiger partial charge on any atom is -0.381 e. The molecule has 1 heteroatoms. The number of benzene rings is 1. The van der Waals surface area contributed by atoms with Crippen molar-refractivity contribution in [3.63, 3.8) is 0 Å². The lowest BCUT2D eigenvalue weighted by atomic mass is 9.92. The third-order valence-electron chi connectivity index (χ3n) is 3.02. The van der Waals surface area contributed by atoms with Gasteiger partial charge >= 0.3 is 0 Å². The molecule has 0 aliphatic carbocycles. The minimum atomic E-state index is 0.639. The summed E-state index contributed by atoms with van der Waals surface area (Å²) in [6.45, 7) is 6.22. The maximum absolute atomic E-state index is 5.41. The Morgan fingerprint density at radius 2 is 2.15 bits per heavy atom. The maximum atomic E-state index is 5.41. The van der Waals surface area contributed by atoms with Gasteiger partial charge in [-0.15, -0.1) is 0 Å². The van der Waals surface area contributed by atoms with Crippen LogP contribution in [0.3, 0.4) is 0 Å². The molecule has 2 rings (SSSR count). The van der Waals surface area contributed by atoms with Crippen LogP contribution in [0.4, 0.5) is 0 Å². The van der Waals surface area contributed by atoms with E-state index < -0.39 is 0 Å². The molecule has 70 valence electrons. The van der Waals surface area contributed by atoms with Crippen molar-refractivity contribution in [1.82, 2.24) is 0 Å². The van der Waals surface area contributed by atoms with Crippen molar-refractivity contribution in [3.8, 4) is 0 Å². The molecule has 0 aromatic heterocycles. The highest BCUT2D eigenvalue weighted by Gasteiger charge is 2.19. The second kappa shape index (κ2) is 3.51. The van der Waals surface area contributed by atoms with Crippen LogP contribution < -0.4 is 0 Å². The van der Waals surface area contributed by atoms with Gasteiger partial charge in [0.25, 0.3) is 0 Å². The lowest BCUT2D eigenvalue weighted by Crippen LogP contribution is -2.01. The van der Waals surface area contributed by atoms with E-state index in [4.69, 9.17) is 4.74 Å². The predicted octanol–water partition coefficient (Wildman–Crippen LogP) is 2.81. The molecule has 0 spiro atoms. The van der Waals surface area contributed by atoms with Gasteiger partial charge in [-0.1, -0.05) is 18.2 Å². The van der Waals surface area contributed by atoms with Crippen LogP contribution in [0.5, 0.6) is 0 Å². The molecule has 0 N–H and O–H groups in total. The molecule has 1 aromatic carbocycles. The van der Waals surface area contributed by atoms with Crippen LogP contribution >= 0.6 is 0 Å². The third-order valence-corrected chi connectivity index (χ3v) is 3.02. The van der Waals surface area contributed by atoms with Gasteiger partial charge in [0.1, 0.15) is 0 Å². The van der Waals surface area contributed by atoms with Crippen LogP contribution in [0.2, 0.25) is 0 Å². The molecule has 0 saturated carbocycles. The lowest BCUT2D eigenvalue weighted by molar-refractivity contribution is 0.194. The highest BCUT2D eigenvalue weighted by atomic mass is 16.5. The molecule has 0 radical (unpaired) electrons. The molecule has 1 fully saturated rings. The van der Waals surface area contributed by atoms with E-state index in [-0.39, 0.29) is 0 Å². The standard InChI is InChI=1S/C12H16O/c1-9-4-3-5-12(10(9)2)11-6-7-13-8-11/h3-5,11H,6-8H2,1-2H3. The van der Waals surface area contributed by atoms with Crippen LogP contribution in [0.25, 0.3) is 0 Å². The number of hydrogen-bond acceptors (Lipinski definition) is 1. The zero-order valence-electron chi connectivity index (χ0n) is 8.34. The highest BCUT2D eigenvalue weighted by molar-refractivity contribution is 5.35. The molecule has 1 heterocycles. The van der Waals surface area contributed by atoms with E-state index >= 15 is 0 Å².